The Morgan fingerprint density at radius 3 is 2.80 bits per heavy atom. The molecule has 4 heteroatoms. The van der Waals surface area contributed by atoms with Crippen LogP contribution in [0.2, 0.25) is 0 Å². The number of morpholine rings is 1. The molecule has 4 nitrogen and oxygen atoms in total. The highest BCUT2D eigenvalue weighted by Gasteiger charge is 2.21. The van der Waals surface area contributed by atoms with E-state index in [0.29, 0.717) is 0 Å². The molecule has 1 saturated heterocycles. The van der Waals surface area contributed by atoms with Crippen molar-refractivity contribution >= 4 is 5.78 Å². The van der Waals surface area contributed by atoms with Gasteiger partial charge in [-0.25, -0.2) is 0 Å². The van der Waals surface area contributed by atoms with Crippen LogP contribution >= 0.6 is 0 Å². The van der Waals surface area contributed by atoms with Gasteiger partial charge in [-0.15, -0.1) is 0 Å². The van der Waals surface area contributed by atoms with Crippen LogP contribution in [-0.2, 0) is 17.7 Å². The van der Waals surface area contributed by atoms with Crippen molar-refractivity contribution in [3.63, 3.8) is 0 Å². The van der Waals surface area contributed by atoms with Gasteiger partial charge in [-0.2, -0.15) is 0 Å². The minimum Gasteiger partial charge on any atom is -0.497 e. The van der Waals surface area contributed by atoms with Crippen LogP contribution in [0.1, 0.15) is 28.4 Å². The zero-order valence-electron chi connectivity index (χ0n) is 14.9. The third-order valence-electron chi connectivity index (χ3n) is 4.56. The molecule has 3 rings (SSSR count). The summed E-state index contributed by atoms with van der Waals surface area (Å²) < 4.78 is 11.2. The topological polar surface area (TPSA) is 38.8 Å². The Hall–Kier alpha value is -2.17. The minimum absolute atomic E-state index is 0.111. The summed E-state index contributed by atoms with van der Waals surface area (Å²) in [6, 6.07) is 16.1. The van der Waals surface area contributed by atoms with Crippen molar-refractivity contribution < 1.29 is 14.3 Å². The van der Waals surface area contributed by atoms with Crippen LogP contribution in [0.5, 0.6) is 5.75 Å². The average Bonchev–Trinajstić information content (AvgIpc) is 2.62. The molecule has 0 bridgehead atoms. The maximum absolute atomic E-state index is 11.6. The maximum Gasteiger partial charge on any atom is 0.159 e. The Labute approximate surface area is 149 Å². The largest absolute Gasteiger partial charge is 0.497 e. The van der Waals surface area contributed by atoms with Gasteiger partial charge in [-0.05, 0) is 36.2 Å². The summed E-state index contributed by atoms with van der Waals surface area (Å²) in [5.74, 6) is 0.992. The molecule has 0 unspecified atom stereocenters. The molecule has 0 aliphatic carbocycles. The van der Waals surface area contributed by atoms with Crippen molar-refractivity contribution in [2.45, 2.75) is 26.0 Å². The number of carbonyl (C=O) groups excluding carboxylic acids is 1. The van der Waals surface area contributed by atoms with Gasteiger partial charge in [0.25, 0.3) is 0 Å². The van der Waals surface area contributed by atoms with Crippen LogP contribution in [-0.4, -0.2) is 43.6 Å². The number of methoxy groups -OCH3 is 1. The lowest BCUT2D eigenvalue weighted by Crippen LogP contribution is -2.42. The first-order chi connectivity index (χ1) is 12.1. The van der Waals surface area contributed by atoms with Gasteiger partial charge in [0.15, 0.2) is 5.78 Å². The molecule has 1 aliphatic rings. The lowest BCUT2D eigenvalue weighted by Gasteiger charge is -2.33. The van der Waals surface area contributed by atoms with Gasteiger partial charge >= 0.3 is 0 Å². The second-order valence-corrected chi connectivity index (χ2v) is 6.54. The van der Waals surface area contributed by atoms with Crippen LogP contribution in [0.15, 0.2) is 48.5 Å². The number of ketones is 1. The van der Waals surface area contributed by atoms with Crippen LogP contribution in [0.25, 0.3) is 0 Å². The van der Waals surface area contributed by atoms with Gasteiger partial charge in [-0.1, -0.05) is 30.3 Å². The molecule has 0 N–H and O–H groups in total. The Kier molecular flexibility index (Phi) is 5.84. The SMILES string of the molecule is COc1cccc(C[C@H]2CN(Cc3cccc(C(C)=O)c3)CCO2)c1. The number of hydrogen-bond donors (Lipinski definition) is 0. The van der Waals surface area contributed by atoms with E-state index in [1.54, 1.807) is 14.0 Å². The lowest BCUT2D eigenvalue weighted by atomic mass is 10.0. The molecule has 25 heavy (non-hydrogen) atoms. The van der Waals surface area contributed by atoms with E-state index in [4.69, 9.17) is 9.47 Å². The molecule has 0 saturated carbocycles. The van der Waals surface area contributed by atoms with E-state index in [2.05, 4.69) is 23.1 Å². The summed E-state index contributed by atoms with van der Waals surface area (Å²) in [4.78, 5) is 13.9. The van der Waals surface area contributed by atoms with Crippen molar-refractivity contribution in [3.05, 3.63) is 65.2 Å². The second-order valence-electron chi connectivity index (χ2n) is 6.54. The molecule has 0 amide bonds. The number of rotatable bonds is 6. The molecule has 132 valence electrons. The van der Waals surface area contributed by atoms with Crippen molar-refractivity contribution in [1.29, 1.82) is 0 Å². The number of Topliss-reactive ketones (excluding diaryl/α,β-unsaturated/α-hetero) is 1. The molecule has 0 radical (unpaired) electrons. The van der Waals surface area contributed by atoms with Gasteiger partial charge in [0.2, 0.25) is 0 Å². The molecule has 1 fully saturated rings. The Morgan fingerprint density at radius 2 is 2.00 bits per heavy atom. The number of hydrogen-bond acceptors (Lipinski definition) is 4. The Balaban J connectivity index is 1.61. The molecule has 2 aromatic rings. The molecular weight excluding hydrogens is 314 g/mol. The smallest absolute Gasteiger partial charge is 0.159 e. The summed E-state index contributed by atoms with van der Waals surface area (Å²) >= 11 is 0. The number of benzene rings is 2. The zero-order valence-corrected chi connectivity index (χ0v) is 14.9. The van der Waals surface area contributed by atoms with Crippen molar-refractivity contribution in [3.8, 4) is 5.75 Å². The molecule has 0 spiro atoms. The molecular formula is C21H25NO3. The first-order valence-corrected chi connectivity index (χ1v) is 8.71. The first-order valence-electron chi connectivity index (χ1n) is 8.71. The van der Waals surface area contributed by atoms with Gasteiger partial charge in [0.1, 0.15) is 5.75 Å². The standard InChI is InChI=1S/C21H25NO3/c1-16(23)19-7-3-6-18(11-19)14-22-9-10-25-21(15-22)13-17-5-4-8-20(12-17)24-2/h3-8,11-12,21H,9-10,13-15H2,1-2H3/t21-/m0/s1. The van der Waals surface area contributed by atoms with Crippen LogP contribution in [0.4, 0.5) is 0 Å². The summed E-state index contributed by atoms with van der Waals surface area (Å²) in [6.07, 6.45) is 1.05. The van der Waals surface area contributed by atoms with Gasteiger partial charge in [-0.3, -0.25) is 9.69 Å². The quantitative estimate of drug-likeness (QED) is 0.757. The fourth-order valence-electron chi connectivity index (χ4n) is 3.26. The monoisotopic (exact) mass is 339 g/mol. The third-order valence-corrected chi connectivity index (χ3v) is 4.56. The zero-order chi connectivity index (χ0) is 17.6. The molecule has 1 atom stereocenters. The predicted octanol–water partition coefficient (Wildman–Crippen LogP) is 3.34. The second kappa shape index (κ2) is 8.28. The lowest BCUT2D eigenvalue weighted by molar-refractivity contribution is -0.0305. The van der Waals surface area contributed by atoms with Crippen molar-refractivity contribution in [1.82, 2.24) is 4.90 Å². The van der Waals surface area contributed by atoms with Crippen molar-refractivity contribution in [2.75, 3.05) is 26.8 Å². The molecule has 2 aromatic carbocycles. The van der Waals surface area contributed by atoms with Crippen molar-refractivity contribution in [2.24, 2.45) is 0 Å². The molecule has 1 aliphatic heterocycles. The van der Waals surface area contributed by atoms with E-state index in [0.717, 1.165) is 44.0 Å². The number of carbonyl (C=O) groups is 1. The van der Waals surface area contributed by atoms with E-state index in [-0.39, 0.29) is 11.9 Å². The minimum atomic E-state index is 0.111. The third kappa shape index (κ3) is 4.91. The van der Waals surface area contributed by atoms with E-state index < -0.39 is 0 Å². The van der Waals surface area contributed by atoms with E-state index in [1.807, 2.05) is 30.3 Å². The van der Waals surface area contributed by atoms with Crippen LogP contribution in [0, 0.1) is 0 Å². The van der Waals surface area contributed by atoms with E-state index >= 15 is 0 Å². The molecule has 0 aromatic heterocycles. The molecule has 1 heterocycles. The normalized spacial score (nSPS) is 18.1. The summed E-state index contributed by atoms with van der Waals surface area (Å²) in [7, 11) is 1.69. The summed E-state index contributed by atoms with van der Waals surface area (Å²) in [6.45, 7) is 5.00. The van der Waals surface area contributed by atoms with Crippen LogP contribution < -0.4 is 4.74 Å². The predicted molar refractivity (Wildman–Crippen MR) is 98.2 cm³/mol. The first kappa shape index (κ1) is 17.6. The highest BCUT2D eigenvalue weighted by Crippen LogP contribution is 2.18. The summed E-state index contributed by atoms with van der Waals surface area (Å²) in [5, 5.41) is 0. The van der Waals surface area contributed by atoms with E-state index in [9.17, 15) is 4.79 Å². The van der Waals surface area contributed by atoms with E-state index in [1.165, 1.54) is 11.1 Å². The summed E-state index contributed by atoms with van der Waals surface area (Å²) in [5.41, 5.74) is 3.18. The average molecular weight is 339 g/mol. The van der Waals surface area contributed by atoms with Gasteiger partial charge in [0, 0.05) is 31.6 Å². The number of nitrogens with zero attached hydrogens (tertiary/aromatic N) is 1. The highest BCUT2D eigenvalue weighted by molar-refractivity contribution is 5.94. The van der Waals surface area contributed by atoms with Gasteiger partial charge in [0.05, 0.1) is 19.8 Å². The van der Waals surface area contributed by atoms with Crippen LogP contribution in [0.3, 0.4) is 0 Å². The Bertz CT molecular complexity index is 729. The Morgan fingerprint density at radius 1 is 1.20 bits per heavy atom. The van der Waals surface area contributed by atoms with Gasteiger partial charge < -0.3 is 9.47 Å². The fourth-order valence-corrected chi connectivity index (χ4v) is 3.26. The number of ether oxygens (including phenoxy) is 2. The maximum atomic E-state index is 11.6. The fraction of sp³-hybridized carbons (Fsp3) is 0.381. The highest BCUT2D eigenvalue weighted by atomic mass is 16.5.